The predicted octanol–water partition coefficient (Wildman–Crippen LogP) is 1.38. The molecule has 4 nitrogen and oxygen atoms in total. The van der Waals surface area contributed by atoms with E-state index in [9.17, 15) is 18.0 Å². The Morgan fingerprint density at radius 2 is 2.07 bits per heavy atom. The van der Waals surface area contributed by atoms with Crippen molar-refractivity contribution in [1.29, 1.82) is 0 Å². The summed E-state index contributed by atoms with van der Waals surface area (Å²) < 4.78 is 36.1. The van der Waals surface area contributed by atoms with Gasteiger partial charge in [0.25, 0.3) is 0 Å². The van der Waals surface area contributed by atoms with Gasteiger partial charge in [-0.25, -0.2) is 9.78 Å². The number of hydrogen-bond donors (Lipinski definition) is 2. The molecule has 2 N–H and O–H groups in total. The molecule has 1 heterocycles. The smallest absolute Gasteiger partial charge is 0.418 e. The lowest BCUT2D eigenvalue weighted by Gasteiger charge is -2.14. The first kappa shape index (κ1) is 11.4. The molecule has 0 saturated carbocycles. The Labute approximate surface area is 82.0 Å². The third-order valence-electron chi connectivity index (χ3n) is 1.63. The fourth-order valence-corrected chi connectivity index (χ4v) is 0.923. The molecule has 7 heteroatoms. The Morgan fingerprint density at radius 3 is 2.53 bits per heavy atom. The van der Waals surface area contributed by atoms with Crippen LogP contribution in [0.2, 0.25) is 0 Å². The summed E-state index contributed by atoms with van der Waals surface area (Å²) in [5, 5.41) is 17.3. The minimum absolute atomic E-state index is 0.546. The maximum absolute atomic E-state index is 12.0. The van der Waals surface area contributed by atoms with Gasteiger partial charge in [0.2, 0.25) is 0 Å². The van der Waals surface area contributed by atoms with E-state index in [4.69, 9.17) is 10.2 Å². The minimum atomic E-state index is -4.82. The number of aliphatic hydroxyl groups excluding tert-OH is 1. The molecule has 0 saturated heterocycles. The van der Waals surface area contributed by atoms with Crippen LogP contribution in [0, 0.1) is 0 Å². The average Bonchev–Trinajstić information content (AvgIpc) is 2.15. The van der Waals surface area contributed by atoms with Crippen molar-refractivity contribution in [2.24, 2.45) is 0 Å². The number of aliphatic hydroxyl groups is 1. The Balaban J connectivity index is 3.06. The van der Waals surface area contributed by atoms with E-state index in [1.54, 1.807) is 0 Å². The molecule has 0 aliphatic carbocycles. The lowest BCUT2D eigenvalue weighted by atomic mass is 10.1. The molecular weight excluding hydrogens is 215 g/mol. The van der Waals surface area contributed by atoms with Crippen LogP contribution in [-0.2, 0) is 0 Å². The number of aromatic nitrogens is 1. The van der Waals surface area contributed by atoms with E-state index >= 15 is 0 Å². The van der Waals surface area contributed by atoms with Crippen molar-refractivity contribution in [3.63, 3.8) is 0 Å². The van der Waals surface area contributed by atoms with Crippen molar-refractivity contribution in [2.75, 3.05) is 0 Å². The van der Waals surface area contributed by atoms with Crippen molar-refractivity contribution in [2.45, 2.75) is 12.3 Å². The number of carboxylic acid groups (broad SMARTS) is 1. The molecule has 0 spiro atoms. The number of rotatable bonds is 2. The number of hydrogen-bond acceptors (Lipinski definition) is 3. The van der Waals surface area contributed by atoms with Crippen LogP contribution in [0.25, 0.3) is 0 Å². The fourth-order valence-electron chi connectivity index (χ4n) is 0.923. The quantitative estimate of drug-likeness (QED) is 0.791. The number of alkyl halides is 3. The lowest BCUT2D eigenvalue weighted by Crippen LogP contribution is -2.20. The third-order valence-corrected chi connectivity index (χ3v) is 1.63. The van der Waals surface area contributed by atoms with Gasteiger partial charge in [-0.15, -0.1) is 0 Å². The summed E-state index contributed by atoms with van der Waals surface area (Å²) in [7, 11) is 0. The van der Waals surface area contributed by atoms with Crippen LogP contribution < -0.4 is 0 Å². The zero-order chi connectivity index (χ0) is 11.6. The maximum atomic E-state index is 12.0. The summed E-state index contributed by atoms with van der Waals surface area (Å²) in [5.41, 5.74) is -1.09. The van der Waals surface area contributed by atoms with Crippen molar-refractivity contribution >= 4 is 5.97 Å². The van der Waals surface area contributed by atoms with Crippen LogP contribution in [0.1, 0.15) is 22.2 Å². The molecular formula is C8H6F3NO3. The highest BCUT2D eigenvalue weighted by Crippen LogP contribution is 2.32. The van der Waals surface area contributed by atoms with Crippen LogP contribution >= 0.6 is 0 Å². The van der Waals surface area contributed by atoms with Gasteiger partial charge >= 0.3 is 12.1 Å². The summed E-state index contributed by atoms with van der Waals surface area (Å²) in [5.74, 6) is -1.45. The van der Waals surface area contributed by atoms with Crippen LogP contribution in [0.4, 0.5) is 13.2 Å². The normalized spacial score (nSPS) is 13.6. The van der Waals surface area contributed by atoms with Gasteiger partial charge in [0.15, 0.2) is 6.10 Å². The first-order chi connectivity index (χ1) is 6.82. The second-order valence-electron chi connectivity index (χ2n) is 2.72. The monoisotopic (exact) mass is 221 g/mol. The highest BCUT2D eigenvalue weighted by molar-refractivity contribution is 5.85. The van der Waals surface area contributed by atoms with Crippen LogP contribution in [0.3, 0.4) is 0 Å². The number of aromatic carboxylic acids is 1. The summed E-state index contributed by atoms with van der Waals surface area (Å²) >= 11 is 0. The highest BCUT2D eigenvalue weighted by atomic mass is 19.4. The molecule has 1 atom stereocenters. The standard InChI is InChI=1S/C8H6F3NO3/c9-8(10,11)6(13)4-1-2-12-5(3-4)7(14)15/h1-3,6,13H,(H,14,15). The molecule has 0 aromatic carbocycles. The first-order valence-electron chi connectivity index (χ1n) is 3.76. The Kier molecular flexibility index (Phi) is 2.94. The van der Waals surface area contributed by atoms with Crippen LogP contribution in [-0.4, -0.2) is 27.3 Å². The molecule has 1 aromatic rings. The molecule has 15 heavy (non-hydrogen) atoms. The third kappa shape index (κ3) is 2.66. The highest BCUT2D eigenvalue weighted by Gasteiger charge is 2.39. The predicted molar refractivity (Wildman–Crippen MR) is 42.2 cm³/mol. The summed E-state index contributed by atoms with van der Waals surface area (Å²) in [6, 6.07) is 1.59. The molecule has 0 bridgehead atoms. The van der Waals surface area contributed by atoms with Crippen molar-refractivity contribution in [3.05, 3.63) is 29.6 Å². The second-order valence-corrected chi connectivity index (χ2v) is 2.72. The van der Waals surface area contributed by atoms with Crippen LogP contribution in [0.5, 0.6) is 0 Å². The Bertz CT molecular complexity index is 378. The Hall–Kier alpha value is -1.63. The molecule has 0 aliphatic rings. The van der Waals surface area contributed by atoms with E-state index in [1.807, 2.05) is 0 Å². The van der Waals surface area contributed by atoms with Gasteiger partial charge in [-0.2, -0.15) is 13.2 Å². The van der Waals surface area contributed by atoms with Gasteiger partial charge in [-0.1, -0.05) is 0 Å². The first-order valence-corrected chi connectivity index (χ1v) is 3.76. The number of halogens is 3. The molecule has 0 amide bonds. The number of pyridine rings is 1. The topological polar surface area (TPSA) is 70.4 Å². The van der Waals surface area contributed by atoms with Crippen LogP contribution in [0.15, 0.2) is 18.3 Å². The minimum Gasteiger partial charge on any atom is -0.477 e. The molecule has 1 unspecified atom stereocenters. The molecule has 0 aliphatic heterocycles. The van der Waals surface area contributed by atoms with E-state index in [0.29, 0.717) is 6.07 Å². The van der Waals surface area contributed by atoms with E-state index in [2.05, 4.69) is 4.98 Å². The summed E-state index contributed by atoms with van der Waals surface area (Å²) in [4.78, 5) is 13.7. The van der Waals surface area contributed by atoms with Crippen molar-refractivity contribution in [1.82, 2.24) is 4.98 Å². The summed E-state index contributed by atoms with van der Waals surface area (Å²) in [6.45, 7) is 0. The van der Waals surface area contributed by atoms with E-state index in [1.165, 1.54) is 0 Å². The van der Waals surface area contributed by atoms with Gasteiger partial charge in [0.1, 0.15) is 5.69 Å². The fraction of sp³-hybridized carbons (Fsp3) is 0.250. The SMILES string of the molecule is O=C(O)c1cc(C(O)C(F)(F)F)ccn1. The van der Waals surface area contributed by atoms with Gasteiger partial charge in [0, 0.05) is 6.20 Å². The zero-order valence-corrected chi connectivity index (χ0v) is 7.19. The molecule has 82 valence electrons. The number of nitrogens with zero attached hydrogens (tertiary/aromatic N) is 1. The van der Waals surface area contributed by atoms with Gasteiger partial charge in [0.05, 0.1) is 0 Å². The zero-order valence-electron chi connectivity index (χ0n) is 7.19. The molecule has 1 rings (SSSR count). The Morgan fingerprint density at radius 1 is 1.47 bits per heavy atom. The summed E-state index contributed by atoms with van der Waals surface area (Å²) in [6.07, 6.45) is -6.62. The van der Waals surface area contributed by atoms with Gasteiger partial charge in [-0.05, 0) is 17.7 Å². The number of carbonyl (C=O) groups is 1. The van der Waals surface area contributed by atoms with Gasteiger partial charge in [-0.3, -0.25) is 0 Å². The second kappa shape index (κ2) is 3.85. The average molecular weight is 221 g/mol. The molecule has 0 radical (unpaired) electrons. The number of carboxylic acids is 1. The van der Waals surface area contributed by atoms with Gasteiger partial charge < -0.3 is 10.2 Å². The lowest BCUT2D eigenvalue weighted by molar-refractivity contribution is -0.206. The van der Waals surface area contributed by atoms with E-state index < -0.39 is 29.5 Å². The maximum Gasteiger partial charge on any atom is 0.418 e. The van der Waals surface area contributed by atoms with E-state index in [0.717, 1.165) is 12.3 Å². The van der Waals surface area contributed by atoms with E-state index in [-0.39, 0.29) is 0 Å². The van der Waals surface area contributed by atoms with Crippen molar-refractivity contribution in [3.8, 4) is 0 Å². The molecule has 0 fully saturated rings. The van der Waals surface area contributed by atoms with Crippen molar-refractivity contribution < 1.29 is 28.2 Å². The largest absolute Gasteiger partial charge is 0.477 e. The molecule has 1 aromatic heterocycles.